The molecule has 0 saturated heterocycles. The van der Waals surface area contributed by atoms with Crippen molar-refractivity contribution in [3.05, 3.63) is 91.0 Å². The molecule has 5 heteroatoms. The molecular weight excluding hydrogens is 320 g/mol. The zero-order valence-electron chi connectivity index (χ0n) is 13.0. The van der Waals surface area contributed by atoms with Crippen LogP contribution in [0.4, 0.5) is 17.1 Å². The SMILES string of the molecule is [Cl-].c1ccc(N2C[N+](c3ccccc3)=NN2c2ccccc2)cc1. The third kappa shape index (κ3) is 3.09. The van der Waals surface area contributed by atoms with Crippen molar-refractivity contribution in [1.82, 2.24) is 0 Å². The van der Waals surface area contributed by atoms with Crippen molar-refractivity contribution in [3.8, 4) is 0 Å². The highest BCUT2D eigenvalue weighted by Crippen LogP contribution is 2.29. The van der Waals surface area contributed by atoms with Gasteiger partial charge in [0.25, 0.3) is 0 Å². The van der Waals surface area contributed by atoms with E-state index in [9.17, 15) is 0 Å². The van der Waals surface area contributed by atoms with Gasteiger partial charge in [0.1, 0.15) is 5.22 Å². The zero-order valence-corrected chi connectivity index (χ0v) is 13.8. The molecule has 0 atom stereocenters. The summed E-state index contributed by atoms with van der Waals surface area (Å²) in [5, 5.41) is 8.88. The summed E-state index contributed by atoms with van der Waals surface area (Å²) in [7, 11) is 0. The van der Waals surface area contributed by atoms with Crippen molar-refractivity contribution in [1.29, 1.82) is 0 Å². The minimum absolute atomic E-state index is 0. The fourth-order valence-electron chi connectivity index (χ4n) is 2.64. The van der Waals surface area contributed by atoms with E-state index < -0.39 is 0 Å². The van der Waals surface area contributed by atoms with Gasteiger partial charge in [-0.25, -0.2) is 0 Å². The predicted molar refractivity (Wildman–Crippen MR) is 91.5 cm³/mol. The molecule has 0 aromatic heterocycles. The summed E-state index contributed by atoms with van der Waals surface area (Å²) >= 11 is 0. The molecule has 1 aliphatic heterocycles. The van der Waals surface area contributed by atoms with Crippen LogP contribution in [0.15, 0.2) is 96.2 Å². The van der Waals surface area contributed by atoms with Gasteiger partial charge in [-0.05, 0) is 41.5 Å². The van der Waals surface area contributed by atoms with Crippen molar-refractivity contribution in [2.45, 2.75) is 0 Å². The van der Waals surface area contributed by atoms with Crippen LogP contribution in [-0.2, 0) is 0 Å². The molecule has 1 heterocycles. The van der Waals surface area contributed by atoms with Crippen molar-refractivity contribution < 1.29 is 17.1 Å². The number of nitrogens with zero attached hydrogens (tertiary/aromatic N) is 4. The van der Waals surface area contributed by atoms with E-state index in [4.69, 9.17) is 5.22 Å². The lowest BCUT2D eigenvalue weighted by Gasteiger charge is -2.18. The zero-order chi connectivity index (χ0) is 15.5. The maximum Gasteiger partial charge on any atom is 0.223 e. The predicted octanol–water partition coefficient (Wildman–Crippen LogP) is 1.60. The first-order valence-corrected chi connectivity index (χ1v) is 7.64. The molecule has 0 N–H and O–H groups in total. The largest absolute Gasteiger partial charge is 1.00 e. The molecule has 1 aliphatic rings. The molecule has 0 spiro atoms. The van der Waals surface area contributed by atoms with Gasteiger partial charge in [0, 0.05) is 0 Å². The van der Waals surface area contributed by atoms with E-state index in [1.54, 1.807) is 0 Å². The van der Waals surface area contributed by atoms with Gasteiger partial charge in [-0.15, -0.1) is 9.71 Å². The summed E-state index contributed by atoms with van der Waals surface area (Å²) in [4.78, 5) is 0. The number of halogens is 1. The summed E-state index contributed by atoms with van der Waals surface area (Å²) in [6.45, 7) is 0.670. The Morgan fingerprint density at radius 1 is 0.667 bits per heavy atom. The third-order valence-corrected chi connectivity index (χ3v) is 3.78. The van der Waals surface area contributed by atoms with Gasteiger partial charge in [0.05, 0.1) is 5.69 Å². The van der Waals surface area contributed by atoms with E-state index >= 15 is 0 Å². The lowest BCUT2D eigenvalue weighted by atomic mass is 10.3. The first-order valence-electron chi connectivity index (χ1n) is 7.64. The number of hydrazine groups is 1. The Hall–Kier alpha value is -2.85. The Morgan fingerprint density at radius 2 is 1.17 bits per heavy atom. The molecule has 4 nitrogen and oxygen atoms in total. The number of hydrogen-bond donors (Lipinski definition) is 0. The van der Waals surface area contributed by atoms with Crippen LogP contribution in [0, 0.1) is 0 Å². The van der Waals surface area contributed by atoms with E-state index in [0.717, 1.165) is 17.1 Å². The highest BCUT2D eigenvalue weighted by atomic mass is 35.5. The number of hydrogen-bond acceptors (Lipinski definition) is 3. The molecule has 0 aliphatic carbocycles. The average molecular weight is 337 g/mol. The van der Waals surface area contributed by atoms with E-state index in [1.807, 2.05) is 64.4 Å². The van der Waals surface area contributed by atoms with Crippen molar-refractivity contribution in [2.24, 2.45) is 5.22 Å². The Kier molecular flexibility index (Phi) is 4.77. The summed E-state index contributed by atoms with van der Waals surface area (Å²) in [6.07, 6.45) is 0. The lowest BCUT2D eigenvalue weighted by molar-refractivity contribution is -0.497. The Balaban J connectivity index is 0.00000169. The molecule has 0 unspecified atom stereocenters. The molecule has 24 heavy (non-hydrogen) atoms. The van der Waals surface area contributed by atoms with Gasteiger partial charge in [0.15, 0.2) is 11.4 Å². The highest BCUT2D eigenvalue weighted by molar-refractivity contribution is 5.57. The average Bonchev–Trinajstić information content (AvgIpc) is 3.09. The second-order valence-electron chi connectivity index (χ2n) is 5.33. The molecule has 0 amide bonds. The minimum Gasteiger partial charge on any atom is -1.00 e. The summed E-state index contributed by atoms with van der Waals surface area (Å²) in [6, 6.07) is 30.7. The van der Waals surface area contributed by atoms with Crippen LogP contribution in [0.5, 0.6) is 0 Å². The maximum absolute atomic E-state index is 4.78. The highest BCUT2D eigenvalue weighted by Gasteiger charge is 2.34. The van der Waals surface area contributed by atoms with E-state index in [0.29, 0.717) is 6.67 Å². The first-order chi connectivity index (χ1) is 11.4. The second kappa shape index (κ2) is 7.15. The second-order valence-corrected chi connectivity index (χ2v) is 5.33. The topological polar surface area (TPSA) is 21.9 Å². The lowest BCUT2D eigenvalue weighted by Crippen LogP contribution is -3.00. The fraction of sp³-hybridized carbons (Fsp3) is 0.0526. The van der Waals surface area contributed by atoms with Crippen molar-refractivity contribution in [3.63, 3.8) is 0 Å². The Bertz CT molecular complexity index is 807. The smallest absolute Gasteiger partial charge is 0.223 e. The van der Waals surface area contributed by atoms with Gasteiger partial charge in [-0.3, -0.25) is 0 Å². The van der Waals surface area contributed by atoms with Crippen LogP contribution < -0.4 is 22.5 Å². The molecule has 4 rings (SSSR count). The summed E-state index contributed by atoms with van der Waals surface area (Å²) in [5.41, 5.74) is 3.22. The van der Waals surface area contributed by atoms with Crippen LogP contribution in [0.25, 0.3) is 0 Å². The van der Waals surface area contributed by atoms with Crippen molar-refractivity contribution in [2.75, 3.05) is 16.8 Å². The maximum atomic E-state index is 4.78. The van der Waals surface area contributed by atoms with Gasteiger partial charge >= 0.3 is 0 Å². The van der Waals surface area contributed by atoms with Crippen LogP contribution in [0.3, 0.4) is 0 Å². The molecule has 0 saturated carbocycles. The van der Waals surface area contributed by atoms with Gasteiger partial charge < -0.3 is 12.4 Å². The first kappa shape index (κ1) is 16.0. The molecule has 0 fully saturated rings. The Labute approximate surface area is 147 Å². The molecule has 120 valence electrons. The van der Waals surface area contributed by atoms with Gasteiger partial charge in [-0.2, -0.15) is 0 Å². The molecule has 3 aromatic rings. The molecule has 0 radical (unpaired) electrons. The Morgan fingerprint density at radius 3 is 1.75 bits per heavy atom. The standard InChI is InChI=1S/C19H17N4.ClH/c1-4-10-17(11-5-1)21-16-22(18-12-6-2-7-13-18)23(20-21)19-14-8-3-9-15-19;/h1-15H,16H2;1H/q+1;/p-1. The third-order valence-electron chi connectivity index (χ3n) is 3.78. The number of para-hydroxylation sites is 3. The summed E-state index contributed by atoms with van der Waals surface area (Å²) < 4.78 is 2.00. The van der Waals surface area contributed by atoms with Crippen LogP contribution in [0.2, 0.25) is 0 Å². The molecular formula is C19H17ClN4. The van der Waals surface area contributed by atoms with Crippen molar-refractivity contribution >= 4 is 17.1 Å². The molecule has 3 aromatic carbocycles. The van der Waals surface area contributed by atoms with E-state index in [1.165, 1.54) is 0 Å². The van der Waals surface area contributed by atoms with Crippen LogP contribution in [-0.4, -0.2) is 11.4 Å². The molecule has 0 bridgehead atoms. The van der Waals surface area contributed by atoms with Crippen LogP contribution >= 0.6 is 0 Å². The monoisotopic (exact) mass is 336 g/mol. The normalized spacial score (nSPS) is 13.4. The fourth-order valence-corrected chi connectivity index (χ4v) is 2.64. The number of rotatable bonds is 3. The van der Waals surface area contributed by atoms with Gasteiger partial charge in [-0.1, -0.05) is 54.6 Å². The summed E-state index contributed by atoms with van der Waals surface area (Å²) in [5.74, 6) is 0. The van der Waals surface area contributed by atoms with E-state index in [-0.39, 0.29) is 12.4 Å². The van der Waals surface area contributed by atoms with E-state index in [2.05, 4.69) is 41.4 Å². The number of anilines is 2. The van der Waals surface area contributed by atoms with Crippen LogP contribution in [0.1, 0.15) is 0 Å². The van der Waals surface area contributed by atoms with Gasteiger partial charge in [0.2, 0.25) is 6.67 Å². The number of benzene rings is 3. The quantitative estimate of drug-likeness (QED) is 0.678. The minimum atomic E-state index is 0.